The van der Waals surface area contributed by atoms with E-state index in [1.54, 1.807) is 0 Å². The second kappa shape index (κ2) is 10.6. The monoisotopic (exact) mass is 687 g/mol. The number of hydrogen-bond acceptors (Lipinski definition) is 4. The Bertz CT molecular complexity index is 1690. The molecule has 1 aromatic heterocycles. The number of aliphatic imine (C=N–C) groups is 1. The Balaban J connectivity index is 1.80. The van der Waals surface area contributed by atoms with Crippen LogP contribution in [0.4, 0.5) is 67.2 Å². The van der Waals surface area contributed by atoms with E-state index in [2.05, 4.69) is 10.1 Å². The fourth-order valence-corrected chi connectivity index (χ4v) is 4.28. The van der Waals surface area contributed by atoms with Crippen LogP contribution in [-0.2, 0) is 23.1 Å². The summed E-state index contributed by atoms with van der Waals surface area (Å²) in [5, 5.41) is 2.53. The van der Waals surface area contributed by atoms with Crippen molar-refractivity contribution in [2.75, 3.05) is 0 Å². The lowest BCUT2D eigenvalue weighted by Crippen LogP contribution is -2.51. The minimum atomic E-state index is -7.03. The molecule has 1 aliphatic heterocycles. The zero-order valence-corrected chi connectivity index (χ0v) is 22.3. The smallest absolute Gasteiger partial charge is 0.403 e. The zero-order chi connectivity index (χ0) is 34.1. The number of hydrogen-bond donors (Lipinski definition) is 0. The molecule has 2 aromatic carbocycles. The number of carbonyl (C=O) groups excluding carboxylic acids is 1. The Labute approximate surface area is 246 Å². The number of fused-ring (bicyclic) bond motifs is 1. The van der Waals surface area contributed by atoms with Gasteiger partial charge in [0.2, 0.25) is 5.90 Å². The average Bonchev–Trinajstić information content (AvgIpc) is 3.46. The average molecular weight is 688 g/mol. The second-order valence-corrected chi connectivity index (χ2v) is 9.86. The van der Waals surface area contributed by atoms with Gasteiger partial charge in [-0.1, -0.05) is 29.8 Å². The van der Waals surface area contributed by atoms with Gasteiger partial charge >= 0.3 is 42.0 Å². The van der Waals surface area contributed by atoms with E-state index in [4.69, 9.17) is 16.3 Å². The molecule has 3 aromatic rings. The molecule has 0 amide bonds. The molecule has 0 spiro atoms. The Morgan fingerprint density at radius 2 is 1.40 bits per heavy atom. The van der Waals surface area contributed by atoms with Crippen molar-refractivity contribution >= 4 is 29.2 Å². The van der Waals surface area contributed by atoms with Gasteiger partial charge in [0, 0.05) is 0 Å². The number of ether oxygens (including phenoxy) is 1. The maximum absolute atomic E-state index is 14.6. The van der Waals surface area contributed by atoms with Crippen LogP contribution in [0.2, 0.25) is 5.02 Å². The highest BCUT2D eigenvalue weighted by atomic mass is 35.5. The van der Waals surface area contributed by atoms with Gasteiger partial charge in [0.25, 0.3) is 0 Å². The molecule has 0 saturated carbocycles. The number of aryl methyl sites for hydroxylation is 1. The molecule has 0 aliphatic carbocycles. The van der Waals surface area contributed by atoms with Gasteiger partial charge in [-0.15, -0.1) is 0 Å². The van der Waals surface area contributed by atoms with Crippen molar-refractivity contribution < 1.29 is 71.0 Å². The quantitative estimate of drug-likeness (QED) is 0.185. The van der Waals surface area contributed by atoms with E-state index in [0.29, 0.717) is 0 Å². The Hall–Kier alpha value is -3.90. The van der Waals surface area contributed by atoms with Crippen LogP contribution in [-0.4, -0.2) is 45.8 Å². The van der Waals surface area contributed by atoms with Crippen molar-refractivity contribution in [1.29, 1.82) is 0 Å². The van der Waals surface area contributed by atoms with E-state index in [0.717, 1.165) is 18.2 Å². The summed E-state index contributed by atoms with van der Waals surface area (Å²) >= 11 is 5.97. The highest BCUT2D eigenvalue weighted by molar-refractivity contribution is 6.36. The number of aromatic nitrogens is 2. The van der Waals surface area contributed by atoms with Crippen molar-refractivity contribution in [2.24, 2.45) is 4.99 Å². The van der Waals surface area contributed by atoms with E-state index in [1.165, 1.54) is 25.1 Å². The SMILES string of the molecule is Cc1cc(Cn2nc(C(F)(F)C(F)(F)C(F)(F)F)cc2C(F)(F)C(F)(F)C(F)(F)F)ccc1/N=C1\OC(=O)c2c(Cl)cccc21. The molecule has 45 heavy (non-hydrogen) atoms. The molecular weight excluding hydrogens is 676 g/mol. The highest BCUT2D eigenvalue weighted by Crippen LogP contribution is 2.55. The number of carbonyl (C=O) groups is 1. The number of rotatable bonds is 7. The summed E-state index contributed by atoms with van der Waals surface area (Å²) in [7, 11) is 0. The van der Waals surface area contributed by atoms with E-state index in [1.807, 2.05) is 0 Å². The first-order valence-corrected chi connectivity index (χ1v) is 12.1. The van der Waals surface area contributed by atoms with Gasteiger partial charge in [0.1, 0.15) is 11.4 Å². The second-order valence-electron chi connectivity index (χ2n) is 9.46. The van der Waals surface area contributed by atoms with Gasteiger partial charge in [-0.2, -0.15) is 66.6 Å². The van der Waals surface area contributed by atoms with Gasteiger partial charge in [-0.05, 0) is 42.3 Å². The molecule has 0 radical (unpaired) electrons. The molecule has 4 rings (SSSR count). The molecule has 20 heteroatoms. The Kier molecular flexibility index (Phi) is 7.99. The largest absolute Gasteiger partial charge is 0.460 e. The molecule has 0 fully saturated rings. The molecule has 5 nitrogen and oxygen atoms in total. The lowest BCUT2D eigenvalue weighted by Gasteiger charge is -2.28. The maximum Gasteiger partial charge on any atom is 0.460 e. The molecule has 0 bridgehead atoms. The highest BCUT2D eigenvalue weighted by Gasteiger charge is 2.77. The number of halogens is 15. The molecule has 2 heterocycles. The first-order valence-electron chi connectivity index (χ1n) is 11.8. The normalized spacial score (nSPS) is 15.9. The van der Waals surface area contributed by atoms with E-state index in [-0.39, 0.29) is 38.9 Å². The van der Waals surface area contributed by atoms with Crippen molar-refractivity contribution in [3.63, 3.8) is 0 Å². The minimum Gasteiger partial charge on any atom is -0.403 e. The Morgan fingerprint density at radius 3 is 1.96 bits per heavy atom. The summed E-state index contributed by atoms with van der Waals surface area (Å²) in [6, 6.07) is 6.15. The number of esters is 1. The number of alkyl halides is 14. The first-order chi connectivity index (χ1) is 20.3. The van der Waals surface area contributed by atoms with Gasteiger partial charge in [0.15, 0.2) is 0 Å². The van der Waals surface area contributed by atoms with E-state index < -0.39 is 70.7 Å². The third-order valence-corrected chi connectivity index (χ3v) is 6.69. The standard InChI is InChI=1S/C25H12ClF14N3O2/c1-10-7-11(5-6-14(10)41-18-12-3-2-4-13(26)17(12)19(44)45-18)9-43-16(21(29,30)23(33,34)25(38,39)40)8-15(42-43)20(27,28)22(31,32)24(35,36)37/h2-8H,9H2,1H3/b41-18-. The number of nitrogens with zero attached hydrogens (tertiary/aromatic N) is 3. The fourth-order valence-electron chi connectivity index (χ4n) is 4.03. The number of cyclic esters (lactones) is 1. The molecular formula is C25H12ClF14N3O2. The fraction of sp³-hybridized carbons (Fsp3) is 0.320. The summed E-state index contributed by atoms with van der Waals surface area (Å²) in [4.78, 5) is 16.2. The summed E-state index contributed by atoms with van der Waals surface area (Å²) < 4.78 is 194. The van der Waals surface area contributed by atoms with Gasteiger partial charge in [-0.3, -0.25) is 4.68 Å². The molecule has 0 atom stereocenters. The van der Waals surface area contributed by atoms with Crippen LogP contribution in [0, 0.1) is 6.92 Å². The third-order valence-electron chi connectivity index (χ3n) is 6.38. The topological polar surface area (TPSA) is 56.5 Å². The molecule has 0 unspecified atom stereocenters. The van der Waals surface area contributed by atoms with Gasteiger partial charge in [-0.25, -0.2) is 9.79 Å². The van der Waals surface area contributed by atoms with Gasteiger partial charge in [0.05, 0.1) is 28.4 Å². The summed E-state index contributed by atoms with van der Waals surface area (Å²) in [5.41, 5.74) is -5.81. The zero-order valence-electron chi connectivity index (χ0n) is 21.6. The molecule has 0 N–H and O–H groups in total. The van der Waals surface area contributed by atoms with Crippen molar-refractivity contribution in [2.45, 2.75) is 49.5 Å². The summed E-state index contributed by atoms with van der Waals surface area (Å²) in [5.74, 6) is -28.2. The lowest BCUT2D eigenvalue weighted by molar-refractivity contribution is -0.361. The Morgan fingerprint density at radius 1 is 0.822 bits per heavy atom. The third kappa shape index (κ3) is 5.48. The predicted molar refractivity (Wildman–Crippen MR) is 125 cm³/mol. The molecule has 0 saturated heterocycles. The van der Waals surface area contributed by atoms with Crippen molar-refractivity contribution in [3.05, 3.63) is 81.1 Å². The predicted octanol–water partition coefficient (Wildman–Crippen LogP) is 8.72. The first kappa shape index (κ1) is 34.0. The van der Waals surface area contributed by atoms with Crippen LogP contribution >= 0.6 is 11.6 Å². The summed E-state index contributed by atoms with van der Waals surface area (Å²) in [6.07, 6.45) is -14.1. The molecule has 1 aliphatic rings. The van der Waals surface area contributed by atoms with Crippen LogP contribution in [0.5, 0.6) is 0 Å². The minimum absolute atomic E-state index is 0.0129. The van der Waals surface area contributed by atoms with Crippen molar-refractivity contribution in [1.82, 2.24) is 9.78 Å². The van der Waals surface area contributed by atoms with Gasteiger partial charge < -0.3 is 4.74 Å². The van der Waals surface area contributed by atoms with Crippen LogP contribution in [0.3, 0.4) is 0 Å². The lowest BCUT2D eigenvalue weighted by atomic mass is 10.0. The number of benzene rings is 2. The van der Waals surface area contributed by atoms with Crippen LogP contribution in [0.15, 0.2) is 47.5 Å². The van der Waals surface area contributed by atoms with Crippen LogP contribution < -0.4 is 0 Å². The van der Waals surface area contributed by atoms with E-state index >= 15 is 0 Å². The maximum atomic E-state index is 14.6. The van der Waals surface area contributed by atoms with E-state index in [9.17, 15) is 66.3 Å². The van der Waals surface area contributed by atoms with Crippen LogP contribution in [0.1, 0.15) is 38.4 Å². The van der Waals surface area contributed by atoms with Crippen molar-refractivity contribution in [3.8, 4) is 0 Å². The molecule has 244 valence electrons. The van der Waals surface area contributed by atoms with Crippen LogP contribution in [0.25, 0.3) is 0 Å². The summed E-state index contributed by atoms with van der Waals surface area (Å²) in [6.45, 7) is -0.129.